The van der Waals surface area contributed by atoms with Gasteiger partial charge in [0.2, 0.25) is 0 Å². The minimum absolute atomic E-state index is 0.0482. The van der Waals surface area contributed by atoms with Crippen molar-refractivity contribution in [1.29, 1.82) is 0 Å². The number of carbonyl (C=O) groups excluding carboxylic acids is 1. The molecule has 0 fully saturated rings. The molecule has 3 aromatic rings. The van der Waals surface area contributed by atoms with Gasteiger partial charge in [-0.25, -0.2) is 4.39 Å². The van der Waals surface area contributed by atoms with E-state index in [0.717, 1.165) is 24.2 Å². The molecule has 164 valence electrons. The SMILES string of the molecule is CC(C)[NH+](Cc1cccc(F)c1)Cc1ccc(C(=O)N[C@H](C)CCc2ccccc2)o1. The number of aryl methyl sites for hydroxylation is 1. The van der Waals surface area contributed by atoms with Crippen molar-refractivity contribution in [3.05, 3.63) is 95.2 Å². The second-order valence-electron chi connectivity index (χ2n) is 8.46. The van der Waals surface area contributed by atoms with Crippen LogP contribution in [0.1, 0.15) is 54.6 Å². The number of carbonyl (C=O) groups is 1. The second kappa shape index (κ2) is 10.9. The van der Waals surface area contributed by atoms with Crippen molar-refractivity contribution in [3.63, 3.8) is 0 Å². The van der Waals surface area contributed by atoms with Gasteiger partial charge in [-0.3, -0.25) is 4.79 Å². The van der Waals surface area contributed by atoms with Gasteiger partial charge in [0.1, 0.15) is 18.9 Å². The van der Waals surface area contributed by atoms with Crippen molar-refractivity contribution in [2.24, 2.45) is 0 Å². The molecule has 2 N–H and O–H groups in total. The van der Waals surface area contributed by atoms with Gasteiger partial charge in [0.25, 0.3) is 5.91 Å². The second-order valence-corrected chi connectivity index (χ2v) is 8.46. The lowest BCUT2D eigenvalue weighted by atomic mass is 10.1. The first-order chi connectivity index (χ1) is 14.9. The van der Waals surface area contributed by atoms with E-state index in [4.69, 9.17) is 4.42 Å². The Labute approximate surface area is 184 Å². The molecule has 0 saturated carbocycles. The van der Waals surface area contributed by atoms with E-state index in [1.165, 1.54) is 16.5 Å². The zero-order chi connectivity index (χ0) is 22.2. The van der Waals surface area contributed by atoms with Gasteiger partial charge in [0, 0.05) is 11.6 Å². The van der Waals surface area contributed by atoms with Crippen LogP contribution < -0.4 is 10.2 Å². The lowest BCUT2D eigenvalue weighted by molar-refractivity contribution is -0.949. The lowest BCUT2D eigenvalue weighted by Crippen LogP contribution is -3.12. The largest absolute Gasteiger partial charge is 0.450 e. The van der Waals surface area contributed by atoms with Crippen molar-refractivity contribution >= 4 is 5.91 Å². The summed E-state index contributed by atoms with van der Waals surface area (Å²) in [5.74, 6) is 0.666. The van der Waals surface area contributed by atoms with Crippen LogP contribution >= 0.6 is 0 Å². The van der Waals surface area contributed by atoms with Crippen molar-refractivity contribution in [1.82, 2.24) is 5.32 Å². The van der Waals surface area contributed by atoms with E-state index < -0.39 is 0 Å². The van der Waals surface area contributed by atoms with E-state index in [1.807, 2.05) is 37.3 Å². The van der Waals surface area contributed by atoms with Crippen LogP contribution in [0.3, 0.4) is 0 Å². The highest BCUT2D eigenvalue weighted by Gasteiger charge is 2.19. The van der Waals surface area contributed by atoms with Crippen molar-refractivity contribution in [3.8, 4) is 0 Å². The molecule has 1 aromatic heterocycles. The Morgan fingerprint density at radius 1 is 0.968 bits per heavy atom. The molecule has 4 nitrogen and oxygen atoms in total. The summed E-state index contributed by atoms with van der Waals surface area (Å²) in [5.41, 5.74) is 2.21. The minimum atomic E-state index is -0.223. The molecule has 31 heavy (non-hydrogen) atoms. The van der Waals surface area contributed by atoms with Crippen molar-refractivity contribution < 1.29 is 18.5 Å². The molecule has 0 aliphatic carbocycles. The summed E-state index contributed by atoms with van der Waals surface area (Å²) < 4.78 is 19.4. The maximum Gasteiger partial charge on any atom is 0.287 e. The van der Waals surface area contributed by atoms with Crippen LogP contribution in [0.25, 0.3) is 0 Å². The van der Waals surface area contributed by atoms with E-state index >= 15 is 0 Å². The number of furan rings is 1. The fraction of sp³-hybridized carbons (Fsp3) is 0.346. The summed E-state index contributed by atoms with van der Waals surface area (Å²) in [7, 11) is 0. The molecule has 0 bridgehead atoms. The van der Waals surface area contributed by atoms with Gasteiger partial charge >= 0.3 is 0 Å². The third-order valence-electron chi connectivity index (χ3n) is 5.51. The zero-order valence-corrected chi connectivity index (χ0v) is 18.5. The van der Waals surface area contributed by atoms with E-state index in [-0.39, 0.29) is 17.8 Å². The molecule has 2 atom stereocenters. The zero-order valence-electron chi connectivity index (χ0n) is 18.5. The molecule has 5 heteroatoms. The van der Waals surface area contributed by atoms with Crippen LogP contribution in [0.2, 0.25) is 0 Å². The molecule has 0 spiro atoms. The van der Waals surface area contributed by atoms with Crippen LogP contribution in [0, 0.1) is 5.82 Å². The van der Waals surface area contributed by atoms with Gasteiger partial charge in [-0.15, -0.1) is 0 Å². The molecule has 0 saturated heterocycles. The molecule has 1 unspecified atom stereocenters. The maximum atomic E-state index is 13.5. The van der Waals surface area contributed by atoms with Crippen LogP contribution in [0.15, 0.2) is 71.1 Å². The van der Waals surface area contributed by atoms with E-state index in [1.54, 1.807) is 18.2 Å². The summed E-state index contributed by atoms with van der Waals surface area (Å²) in [6.45, 7) is 7.58. The Hall–Kier alpha value is -2.92. The number of hydrogen-bond acceptors (Lipinski definition) is 2. The third-order valence-corrected chi connectivity index (χ3v) is 5.51. The van der Waals surface area contributed by atoms with E-state index in [9.17, 15) is 9.18 Å². The predicted molar refractivity (Wildman–Crippen MR) is 120 cm³/mol. The number of hydrogen-bond donors (Lipinski definition) is 2. The first-order valence-electron chi connectivity index (χ1n) is 10.9. The molecule has 3 rings (SSSR count). The van der Waals surface area contributed by atoms with Gasteiger partial charge in [-0.05, 0) is 63.4 Å². The van der Waals surface area contributed by atoms with Gasteiger partial charge in [-0.2, -0.15) is 0 Å². The van der Waals surface area contributed by atoms with Crippen LogP contribution in [0.4, 0.5) is 4.39 Å². The highest BCUT2D eigenvalue weighted by molar-refractivity contribution is 5.91. The number of nitrogens with one attached hydrogen (secondary N) is 2. The number of benzene rings is 2. The number of quaternary nitrogens is 1. The Balaban J connectivity index is 1.54. The molecular formula is C26H32FN2O2+. The monoisotopic (exact) mass is 423 g/mol. The maximum absolute atomic E-state index is 13.5. The third kappa shape index (κ3) is 7.07. The molecular weight excluding hydrogens is 391 g/mol. The smallest absolute Gasteiger partial charge is 0.287 e. The topological polar surface area (TPSA) is 46.7 Å². The summed E-state index contributed by atoms with van der Waals surface area (Å²) >= 11 is 0. The van der Waals surface area contributed by atoms with Crippen molar-refractivity contribution in [2.75, 3.05) is 0 Å². The quantitative estimate of drug-likeness (QED) is 0.514. The molecule has 2 aromatic carbocycles. The summed E-state index contributed by atoms with van der Waals surface area (Å²) in [5, 5.41) is 3.02. The van der Waals surface area contributed by atoms with Crippen LogP contribution in [-0.2, 0) is 19.5 Å². The molecule has 1 amide bonds. The fourth-order valence-electron chi connectivity index (χ4n) is 3.59. The highest BCUT2D eigenvalue weighted by Crippen LogP contribution is 2.10. The summed E-state index contributed by atoms with van der Waals surface area (Å²) in [6.07, 6.45) is 1.78. The molecule has 1 heterocycles. The number of rotatable bonds is 10. The standard InChI is InChI=1S/C26H31FN2O2/c1-19(2)29(17-22-10-7-11-23(27)16-22)18-24-14-15-25(31-24)26(30)28-20(3)12-13-21-8-5-4-6-9-21/h4-11,14-16,19-20H,12-13,17-18H2,1-3H3,(H,28,30)/p+1/t20-/m1/s1. The van der Waals surface area contributed by atoms with Gasteiger partial charge in [-0.1, -0.05) is 42.5 Å². The first-order valence-corrected chi connectivity index (χ1v) is 10.9. The minimum Gasteiger partial charge on any atom is -0.450 e. The molecule has 0 radical (unpaired) electrons. The fourth-order valence-corrected chi connectivity index (χ4v) is 3.59. The van der Waals surface area contributed by atoms with Gasteiger partial charge in [0.15, 0.2) is 11.5 Å². The Morgan fingerprint density at radius 3 is 2.42 bits per heavy atom. The first kappa shape index (κ1) is 22.8. The molecule has 0 aliphatic rings. The van der Waals surface area contributed by atoms with E-state index in [2.05, 4.69) is 31.3 Å². The van der Waals surface area contributed by atoms with E-state index in [0.29, 0.717) is 24.9 Å². The number of halogens is 1. The Morgan fingerprint density at radius 2 is 1.71 bits per heavy atom. The normalized spacial score (nSPS) is 13.2. The predicted octanol–water partition coefficient (Wildman–Crippen LogP) is 4.16. The van der Waals surface area contributed by atoms with Gasteiger partial charge < -0.3 is 14.6 Å². The Bertz CT molecular complexity index is 968. The van der Waals surface area contributed by atoms with Crippen LogP contribution in [-0.4, -0.2) is 18.0 Å². The Kier molecular flexibility index (Phi) is 8.01. The summed E-state index contributed by atoms with van der Waals surface area (Å²) in [6, 6.07) is 20.9. The average Bonchev–Trinajstić information content (AvgIpc) is 3.21. The van der Waals surface area contributed by atoms with Gasteiger partial charge in [0.05, 0.1) is 6.04 Å². The molecule has 0 aliphatic heterocycles. The highest BCUT2D eigenvalue weighted by atomic mass is 19.1. The van der Waals surface area contributed by atoms with Crippen LogP contribution in [0.5, 0.6) is 0 Å². The summed E-state index contributed by atoms with van der Waals surface area (Å²) in [4.78, 5) is 13.8. The lowest BCUT2D eigenvalue weighted by Gasteiger charge is -2.22. The van der Waals surface area contributed by atoms with Crippen molar-refractivity contribution in [2.45, 2.75) is 58.8 Å². The number of amides is 1. The average molecular weight is 424 g/mol.